The standard InChI is InChI=1S/C19H22N4O3S.Na/c1-20-18(24)13-8-12(22(4)5)10-16-17(13)23(19(25)26)14-7-6-11(21(2)3)9-15(14)27-16;/h6-10H,1-5H3,(H,20,24)(H,25,26);/q;+1/p-1. The van der Waals surface area contributed by atoms with Crippen molar-refractivity contribution in [3.8, 4) is 0 Å². The second-order valence-electron chi connectivity index (χ2n) is 6.56. The third-order valence-electron chi connectivity index (χ3n) is 4.37. The summed E-state index contributed by atoms with van der Waals surface area (Å²) in [5.74, 6) is -0.352. The fraction of sp³-hybridized carbons (Fsp3) is 0.263. The van der Waals surface area contributed by atoms with Gasteiger partial charge in [-0.25, -0.2) is 0 Å². The molecule has 1 aliphatic rings. The maximum atomic E-state index is 12.5. The summed E-state index contributed by atoms with van der Waals surface area (Å²) < 4.78 is 0. The van der Waals surface area contributed by atoms with Crippen LogP contribution in [0.15, 0.2) is 40.1 Å². The van der Waals surface area contributed by atoms with E-state index in [1.54, 1.807) is 12.1 Å². The number of hydrogen-bond acceptors (Lipinski definition) is 6. The van der Waals surface area contributed by atoms with Gasteiger partial charge in [-0.2, -0.15) is 0 Å². The summed E-state index contributed by atoms with van der Waals surface area (Å²) in [5, 5.41) is 14.6. The van der Waals surface area contributed by atoms with Crippen LogP contribution in [-0.2, 0) is 0 Å². The minimum Gasteiger partial charge on any atom is -0.529 e. The van der Waals surface area contributed by atoms with Gasteiger partial charge in [0.15, 0.2) is 0 Å². The van der Waals surface area contributed by atoms with E-state index in [2.05, 4.69) is 5.32 Å². The Kier molecular flexibility index (Phi) is 6.93. The van der Waals surface area contributed by atoms with Crippen molar-refractivity contribution >= 4 is 46.5 Å². The summed E-state index contributed by atoms with van der Waals surface area (Å²) in [6.45, 7) is 0. The molecule has 1 N–H and O–H groups in total. The molecule has 1 aliphatic heterocycles. The number of rotatable bonds is 3. The first-order chi connectivity index (χ1) is 12.7. The number of nitrogens with one attached hydrogen (secondary N) is 1. The van der Waals surface area contributed by atoms with Gasteiger partial charge >= 0.3 is 29.6 Å². The van der Waals surface area contributed by atoms with Crippen molar-refractivity contribution in [2.24, 2.45) is 0 Å². The average Bonchev–Trinajstić information content (AvgIpc) is 2.63. The Bertz CT molecular complexity index is 934. The minimum absolute atomic E-state index is 0. The average molecular weight is 408 g/mol. The van der Waals surface area contributed by atoms with Crippen molar-refractivity contribution < 1.29 is 44.3 Å². The summed E-state index contributed by atoms with van der Waals surface area (Å²) in [4.78, 5) is 30.9. The normalized spacial score (nSPS) is 11.7. The van der Waals surface area contributed by atoms with Gasteiger partial charge in [0.2, 0.25) is 0 Å². The molecule has 1 heterocycles. The zero-order chi connectivity index (χ0) is 19.9. The first-order valence-electron chi connectivity index (χ1n) is 8.32. The van der Waals surface area contributed by atoms with E-state index in [9.17, 15) is 14.7 Å². The summed E-state index contributed by atoms with van der Waals surface area (Å²) >= 11 is 1.44. The van der Waals surface area contributed by atoms with Crippen molar-refractivity contribution in [3.63, 3.8) is 0 Å². The van der Waals surface area contributed by atoms with E-state index in [1.807, 2.05) is 56.2 Å². The topological polar surface area (TPSA) is 79.0 Å². The summed E-state index contributed by atoms with van der Waals surface area (Å²) in [5.41, 5.74) is 2.87. The van der Waals surface area contributed by atoms with E-state index >= 15 is 0 Å². The second kappa shape index (κ2) is 8.65. The molecular formula is C19H21N4NaO3S. The van der Waals surface area contributed by atoms with Crippen molar-refractivity contribution in [1.29, 1.82) is 0 Å². The van der Waals surface area contributed by atoms with E-state index in [1.165, 1.54) is 18.8 Å². The molecule has 0 saturated carbocycles. The third kappa shape index (κ3) is 3.96. The molecule has 3 rings (SSSR count). The Labute approximate surface area is 191 Å². The number of carboxylic acid groups (broad SMARTS) is 1. The van der Waals surface area contributed by atoms with Crippen molar-refractivity contribution in [2.45, 2.75) is 9.79 Å². The Hall–Kier alpha value is -1.87. The maximum Gasteiger partial charge on any atom is 1.00 e. The largest absolute Gasteiger partial charge is 1.00 e. The Morgan fingerprint density at radius 3 is 2.14 bits per heavy atom. The molecule has 0 atom stereocenters. The molecule has 0 spiro atoms. The van der Waals surface area contributed by atoms with Crippen LogP contribution in [0.4, 0.5) is 27.5 Å². The van der Waals surface area contributed by atoms with Gasteiger partial charge in [-0.3, -0.25) is 9.69 Å². The minimum atomic E-state index is -1.38. The number of carbonyl (C=O) groups is 2. The fourth-order valence-corrected chi connectivity index (χ4v) is 4.10. The summed E-state index contributed by atoms with van der Waals surface area (Å²) in [6, 6.07) is 9.08. The number of anilines is 4. The molecule has 0 saturated heterocycles. The van der Waals surface area contributed by atoms with Crippen molar-refractivity contribution in [1.82, 2.24) is 5.32 Å². The Morgan fingerprint density at radius 2 is 1.61 bits per heavy atom. The Morgan fingerprint density at radius 1 is 1.00 bits per heavy atom. The molecule has 28 heavy (non-hydrogen) atoms. The number of carbonyl (C=O) groups excluding carboxylic acids is 2. The Balaban J connectivity index is 0.00000280. The van der Waals surface area contributed by atoms with Gasteiger partial charge < -0.3 is 25.0 Å². The van der Waals surface area contributed by atoms with Crippen LogP contribution < -0.4 is 54.7 Å². The monoisotopic (exact) mass is 408 g/mol. The smallest absolute Gasteiger partial charge is 0.529 e. The molecular weight excluding hydrogens is 387 g/mol. The van der Waals surface area contributed by atoms with Crippen LogP contribution in [0.1, 0.15) is 10.4 Å². The van der Waals surface area contributed by atoms with Crippen molar-refractivity contribution in [3.05, 3.63) is 35.9 Å². The number of benzene rings is 2. The zero-order valence-electron chi connectivity index (χ0n) is 16.9. The van der Waals surface area contributed by atoms with Gasteiger partial charge in [0.05, 0.1) is 16.9 Å². The number of fused-ring (bicyclic) bond motifs is 2. The molecule has 0 fully saturated rings. The number of amides is 2. The molecule has 0 aromatic heterocycles. The number of nitrogens with zero attached hydrogens (tertiary/aromatic N) is 3. The van der Waals surface area contributed by atoms with E-state index in [4.69, 9.17) is 0 Å². The van der Waals surface area contributed by atoms with Crippen LogP contribution in [-0.4, -0.2) is 47.2 Å². The van der Waals surface area contributed by atoms with E-state index in [-0.39, 0.29) is 41.0 Å². The van der Waals surface area contributed by atoms with Crippen LogP contribution in [0.3, 0.4) is 0 Å². The first-order valence-corrected chi connectivity index (χ1v) is 9.14. The first kappa shape index (κ1) is 22.4. The van der Waals surface area contributed by atoms with E-state index in [0.717, 1.165) is 21.2 Å². The quantitative estimate of drug-likeness (QED) is 0.666. The van der Waals surface area contributed by atoms with Crippen LogP contribution >= 0.6 is 11.8 Å². The molecule has 0 radical (unpaired) electrons. The number of hydrogen-bond donors (Lipinski definition) is 1. The zero-order valence-corrected chi connectivity index (χ0v) is 19.7. The molecule has 7 nitrogen and oxygen atoms in total. The van der Waals surface area contributed by atoms with E-state index in [0.29, 0.717) is 16.3 Å². The van der Waals surface area contributed by atoms with Crippen LogP contribution in [0.2, 0.25) is 0 Å². The van der Waals surface area contributed by atoms with Gasteiger partial charge in [0.1, 0.15) is 6.09 Å². The van der Waals surface area contributed by atoms with Crippen molar-refractivity contribution in [2.75, 3.05) is 49.9 Å². The van der Waals surface area contributed by atoms with Gasteiger partial charge in [0.25, 0.3) is 5.91 Å². The summed E-state index contributed by atoms with van der Waals surface area (Å²) in [6.07, 6.45) is -1.38. The van der Waals surface area contributed by atoms with Gasteiger partial charge in [-0.15, -0.1) is 0 Å². The van der Waals surface area contributed by atoms with Gasteiger partial charge in [-0.05, 0) is 30.3 Å². The molecule has 9 heteroatoms. The molecule has 0 bridgehead atoms. The predicted molar refractivity (Wildman–Crippen MR) is 107 cm³/mol. The van der Waals surface area contributed by atoms with Crippen LogP contribution in [0, 0.1) is 0 Å². The summed E-state index contributed by atoms with van der Waals surface area (Å²) in [7, 11) is 9.11. The fourth-order valence-electron chi connectivity index (χ4n) is 2.94. The molecule has 2 aromatic rings. The third-order valence-corrected chi connectivity index (χ3v) is 5.45. The molecule has 0 aliphatic carbocycles. The molecule has 2 amide bonds. The second-order valence-corrected chi connectivity index (χ2v) is 7.65. The maximum absolute atomic E-state index is 12.5. The molecule has 0 unspecified atom stereocenters. The van der Waals surface area contributed by atoms with Gasteiger partial charge in [0, 0.05) is 56.4 Å². The molecule has 2 aromatic carbocycles. The SMILES string of the molecule is CNC(=O)c1cc(N(C)C)cc2c1N(C(=O)[O-])c1ccc(N(C)C)cc1S2.[Na+]. The molecule has 142 valence electrons. The van der Waals surface area contributed by atoms with Gasteiger partial charge in [-0.1, -0.05) is 11.8 Å². The van der Waals surface area contributed by atoms with E-state index < -0.39 is 6.09 Å². The van der Waals surface area contributed by atoms with Crippen LogP contribution in [0.5, 0.6) is 0 Å². The van der Waals surface area contributed by atoms with Crippen LogP contribution in [0.25, 0.3) is 0 Å². The predicted octanol–water partition coefficient (Wildman–Crippen LogP) is -0.872.